The van der Waals surface area contributed by atoms with E-state index in [1.807, 2.05) is 61.3 Å². The van der Waals surface area contributed by atoms with E-state index in [1.54, 1.807) is 24.4 Å². The largest absolute Gasteiger partial charge is 0.329 e. The van der Waals surface area contributed by atoms with Crippen molar-refractivity contribution in [1.29, 1.82) is 0 Å². The molecule has 0 spiro atoms. The molecule has 0 saturated carbocycles. The number of hydrogen-bond acceptors (Lipinski definition) is 3. The third-order valence-electron chi connectivity index (χ3n) is 4.01. The third-order valence-corrected chi connectivity index (χ3v) is 4.42. The summed E-state index contributed by atoms with van der Waals surface area (Å²) in [5.41, 5.74) is 3.06. The lowest BCUT2D eigenvalue weighted by Gasteiger charge is -2.18. The van der Waals surface area contributed by atoms with E-state index < -0.39 is 0 Å². The lowest BCUT2D eigenvalue weighted by atomic mass is 10.2. The second kappa shape index (κ2) is 7.36. The van der Waals surface area contributed by atoms with E-state index in [9.17, 15) is 4.79 Å². The second-order valence-electron chi connectivity index (χ2n) is 5.67. The van der Waals surface area contributed by atoms with Crippen molar-refractivity contribution in [2.24, 2.45) is 0 Å². The summed E-state index contributed by atoms with van der Waals surface area (Å²) in [6.45, 7) is 1.87. The molecular formula is C20H18ClN3O. The summed E-state index contributed by atoms with van der Waals surface area (Å²) in [6, 6.07) is 18.9. The molecule has 0 aliphatic heterocycles. The van der Waals surface area contributed by atoms with Crippen LogP contribution in [0.5, 0.6) is 0 Å². The average Bonchev–Trinajstić information content (AvgIpc) is 2.65. The Kier molecular flexibility index (Phi) is 5.00. The monoisotopic (exact) mass is 351 g/mol. The number of aromatic nitrogens is 1. The molecule has 0 aliphatic carbocycles. The fourth-order valence-corrected chi connectivity index (χ4v) is 2.61. The zero-order chi connectivity index (χ0) is 17.8. The van der Waals surface area contributed by atoms with Gasteiger partial charge in [-0.25, -0.2) is 4.98 Å². The number of nitrogens with zero attached hydrogens (tertiary/aromatic N) is 2. The van der Waals surface area contributed by atoms with Gasteiger partial charge in [-0.2, -0.15) is 0 Å². The molecule has 0 aliphatic rings. The Morgan fingerprint density at radius 3 is 2.48 bits per heavy atom. The van der Waals surface area contributed by atoms with Gasteiger partial charge >= 0.3 is 0 Å². The molecule has 126 valence electrons. The molecule has 1 amide bonds. The molecular weight excluding hydrogens is 334 g/mol. The van der Waals surface area contributed by atoms with E-state index in [0.29, 0.717) is 16.3 Å². The van der Waals surface area contributed by atoms with Crippen LogP contribution in [0.15, 0.2) is 66.9 Å². The minimum Gasteiger partial charge on any atom is -0.329 e. The van der Waals surface area contributed by atoms with Crippen LogP contribution in [-0.2, 0) is 0 Å². The van der Waals surface area contributed by atoms with E-state index in [-0.39, 0.29) is 5.91 Å². The van der Waals surface area contributed by atoms with Gasteiger partial charge in [0.1, 0.15) is 5.82 Å². The van der Waals surface area contributed by atoms with Gasteiger partial charge in [0.05, 0.1) is 5.56 Å². The Labute approximate surface area is 152 Å². The highest BCUT2D eigenvalue weighted by Gasteiger charge is 2.11. The summed E-state index contributed by atoms with van der Waals surface area (Å²) in [7, 11) is 1.94. The maximum atomic E-state index is 12.4. The van der Waals surface area contributed by atoms with Crippen molar-refractivity contribution in [3.8, 4) is 0 Å². The van der Waals surface area contributed by atoms with Gasteiger partial charge < -0.3 is 10.2 Å². The van der Waals surface area contributed by atoms with Crippen LogP contribution in [0.3, 0.4) is 0 Å². The van der Waals surface area contributed by atoms with Gasteiger partial charge in [0.2, 0.25) is 0 Å². The van der Waals surface area contributed by atoms with Crippen LogP contribution in [-0.4, -0.2) is 17.9 Å². The second-order valence-corrected chi connectivity index (χ2v) is 6.07. The van der Waals surface area contributed by atoms with Gasteiger partial charge in [-0.3, -0.25) is 4.79 Å². The van der Waals surface area contributed by atoms with Crippen molar-refractivity contribution in [3.05, 3.63) is 83.0 Å². The van der Waals surface area contributed by atoms with Crippen molar-refractivity contribution < 1.29 is 4.79 Å². The topological polar surface area (TPSA) is 45.2 Å². The van der Waals surface area contributed by atoms with Crippen molar-refractivity contribution in [2.75, 3.05) is 17.3 Å². The minimum atomic E-state index is -0.216. The van der Waals surface area contributed by atoms with E-state index >= 15 is 0 Å². The van der Waals surface area contributed by atoms with Crippen LogP contribution < -0.4 is 10.2 Å². The van der Waals surface area contributed by atoms with Crippen LogP contribution in [0.4, 0.5) is 17.2 Å². The number of hydrogen-bond donors (Lipinski definition) is 1. The van der Waals surface area contributed by atoms with Gasteiger partial charge in [-0.05, 0) is 48.9 Å². The molecule has 25 heavy (non-hydrogen) atoms. The summed E-state index contributed by atoms with van der Waals surface area (Å²) in [5.74, 6) is 0.550. The fourth-order valence-electron chi connectivity index (χ4n) is 2.44. The fraction of sp³-hybridized carbons (Fsp3) is 0.100. The van der Waals surface area contributed by atoms with E-state index in [0.717, 1.165) is 17.1 Å². The van der Waals surface area contributed by atoms with Crippen LogP contribution in [0.25, 0.3) is 0 Å². The normalized spacial score (nSPS) is 10.4. The first-order chi connectivity index (χ1) is 12.1. The van der Waals surface area contributed by atoms with Gasteiger partial charge in [0, 0.05) is 29.6 Å². The maximum Gasteiger partial charge on any atom is 0.257 e. The Bertz CT molecular complexity index is 879. The number of halogens is 1. The lowest BCUT2D eigenvalue weighted by molar-refractivity contribution is 0.102. The number of carbonyl (C=O) groups excluding carboxylic acids is 1. The minimum absolute atomic E-state index is 0.216. The molecule has 0 saturated heterocycles. The smallest absolute Gasteiger partial charge is 0.257 e. The van der Waals surface area contributed by atoms with Crippen molar-refractivity contribution in [3.63, 3.8) is 0 Å². The van der Waals surface area contributed by atoms with Crippen molar-refractivity contribution in [1.82, 2.24) is 4.98 Å². The first-order valence-corrected chi connectivity index (χ1v) is 8.25. The number of anilines is 3. The molecule has 3 aromatic rings. The van der Waals surface area contributed by atoms with Gasteiger partial charge in [0.25, 0.3) is 5.91 Å². The highest BCUT2D eigenvalue weighted by molar-refractivity contribution is 6.31. The van der Waals surface area contributed by atoms with Gasteiger partial charge in [-0.1, -0.05) is 35.9 Å². The number of carbonyl (C=O) groups is 1. The summed E-state index contributed by atoms with van der Waals surface area (Å²) < 4.78 is 0. The molecule has 0 radical (unpaired) electrons. The summed E-state index contributed by atoms with van der Waals surface area (Å²) >= 11 is 6.09. The average molecular weight is 352 g/mol. The molecule has 1 heterocycles. The van der Waals surface area contributed by atoms with Crippen molar-refractivity contribution >= 4 is 34.7 Å². The van der Waals surface area contributed by atoms with Gasteiger partial charge in [-0.15, -0.1) is 0 Å². The van der Waals surface area contributed by atoms with Gasteiger partial charge in [0.15, 0.2) is 0 Å². The number of amides is 1. The molecule has 0 fully saturated rings. The van der Waals surface area contributed by atoms with Crippen LogP contribution in [0.1, 0.15) is 15.9 Å². The van der Waals surface area contributed by atoms with Crippen LogP contribution >= 0.6 is 11.6 Å². The Morgan fingerprint density at radius 1 is 1.04 bits per heavy atom. The SMILES string of the molecule is Cc1c(Cl)cccc1NC(=O)c1ccc(N(C)c2ccccc2)nc1. The Balaban J connectivity index is 1.76. The van der Waals surface area contributed by atoms with E-state index in [2.05, 4.69) is 10.3 Å². The zero-order valence-corrected chi connectivity index (χ0v) is 14.8. The van der Waals surface area contributed by atoms with Crippen molar-refractivity contribution in [2.45, 2.75) is 6.92 Å². The first kappa shape index (κ1) is 17.0. The molecule has 1 aromatic heterocycles. The molecule has 1 N–H and O–H groups in total. The van der Waals surface area contributed by atoms with Crippen LogP contribution in [0.2, 0.25) is 5.02 Å². The summed E-state index contributed by atoms with van der Waals surface area (Å²) in [6.07, 6.45) is 1.57. The quantitative estimate of drug-likeness (QED) is 0.714. The molecule has 5 heteroatoms. The highest BCUT2D eigenvalue weighted by Crippen LogP contribution is 2.24. The number of para-hydroxylation sites is 1. The third kappa shape index (κ3) is 3.80. The lowest BCUT2D eigenvalue weighted by Crippen LogP contribution is -2.15. The Hall–Kier alpha value is -2.85. The number of nitrogens with one attached hydrogen (secondary N) is 1. The summed E-state index contributed by atoms with van der Waals surface area (Å²) in [4.78, 5) is 18.8. The predicted molar refractivity (Wildman–Crippen MR) is 103 cm³/mol. The molecule has 4 nitrogen and oxygen atoms in total. The number of benzene rings is 2. The van der Waals surface area contributed by atoms with Crippen LogP contribution in [0, 0.1) is 6.92 Å². The highest BCUT2D eigenvalue weighted by atomic mass is 35.5. The molecule has 3 rings (SSSR count). The van der Waals surface area contributed by atoms with E-state index in [1.165, 1.54) is 0 Å². The standard InChI is InChI=1S/C20H18ClN3O/c1-14-17(21)9-6-10-18(14)23-20(25)15-11-12-19(22-13-15)24(2)16-7-4-3-5-8-16/h3-13H,1-2H3,(H,23,25). The molecule has 0 bridgehead atoms. The Morgan fingerprint density at radius 2 is 1.80 bits per heavy atom. The number of pyridine rings is 1. The molecule has 0 unspecified atom stereocenters. The first-order valence-electron chi connectivity index (χ1n) is 7.87. The van der Waals surface area contributed by atoms with E-state index in [4.69, 9.17) is 11.6 Å². The number of rotatable bonds is 4. The summed E-state index contributed by atoms with van der Waals surface area (Å²) in [5, 5.41) is 3.49. The molecule has 2 aromatic carbocycles. The maximum absolute atomic E-state index is 12.4. The molecule has 0 atom stereocenters. The zero-order valence-electron chi connectivity index (χ0n) is 14.0. The predicted octanol–water partition coefficient (Wildman–Crippen LogP) is 5.06.